The number of hydrogen-bond donors (Lipinski definition) is 3. The number of benzene rings is 2. The number of imide groups is 1. The highest BCUT2D eigenvalue weighted by atomic mass is 16.2. The maximum absolute atomic E-state index is 13.0. The minimum absolute atomic E-state index is 0.197. The van der Waals surface area contributed by atoms with E-state index in [1.807, 2.05) is 24.3 Å². The molecule has 5 amide bonds. The van der Waals surface area contributed by atoms with Crippen LogP contribution in [-0.4, -0.2) is 35.2 Å². The number of urea groups is 1. The Kier molecular flexibility index (Phi) is 6.10. The third-order valence-electron chi connectivity index (χ3n) is 5.22. The Hall–Kier alpha value is -3.68. The van der Waals surface area contributed by atoms with Gasteiger partial charge in [0.15, 0.2) is 0 Å². The van der Waals surface area contributed by atoms with E-state index in [2.05, 4.69) is 29.8 Å². The molecule has 3 rings (SSSR count). The van der Waals surface area contributed by atoms with Gasteiger partial charge in [-0.3, -0.25) is 19.3 Å². The van der Waals surface area contributed by atoms with Crippen LogP contribution in [0.5, 0.6) is 0 Å². The van der Waals surface area contributed by atoms with Crippen molar-refractivity contribution in [3.05, 3.63) is 59.7 Å². The lowest BCUT2D eigenvalue weighted by molar-refractivity contribution is -0.133. The lowest BCUT2D eigenvalue weighted by Gasteiger charge is -2.22. The van der Waals surface area contributed by atoms with Crippen LogP contribution in [0.25, 0.3) is 0 Å². The average molecular weight is 422 g/mol. The molecule has 1 atom stereocenters. The van der Waals surface area contributed by atoms with Crippen LogP contribution in [0.15, 0.2) is 48.5 Å². The van der Waals surface area contributed by atoms with Gasteiger partial charge in [0.2, 0.25) is 11.8 Å². The highest BCUT2D eigenvalue weighted by molar-refractivity contribution is 6.10. The molecule has 1 heterocycles. The normalized spacial score (nSPS) is 18.2. The minimum Gasteiger partial charge on any atom is -0.326 e. The van der Waals surface area contributed by atoms with Crippen LogP contribution in [0, 0.1) is 0 Å². The summed E-state index contributed by atoms with van der Waals surface area (Å²) in [6.45, 7) is 6.79. The minimum atomic E-state index is -1.23. The van der Waals surface area contributed by atoms with Gasteiger partial charge < -0.3 is 16.0 Å². The monoisotopic (exact) mass is 422 g/mol. The molecular formula is C23H26N4O4. The first-order chi connectivity index (χ1) is 14.6. The summed E-state index contributed by atoms with van der Waals surface area (Å²) in [6.07, 6.45) is 0. The van der Waals surface area contributed by atoms with E-state index >= 15 is 0 Å². The molecule has 0 aromatic heterocycles. The van der Waals surface area contributed by atoms with Gasteiger partial charge in [0.05, 0.1) is 0 Å². The van der Waals surface area contributed by atoms with E-state index in [0.29, 0.717) is 22.9 Å². The Balaban J connectivity index is 1.67. The molecule has 1 aliphatic rings. The van der Waals surface area contributed by atoms with Crippen LogP contribution in [0.2, 0.25) is 0 Å². The molecule has 0 radical (unpaired) electrons. The number of anilines is 2. The maximum Gasteiger partial charge on any atom is 0.325 e. The van der Waals surface area contributed by atoms with E-state index < -0.39 is 29.9 Å². The van der Waals surface area contributed by atoms with Crippen molar-refractivity contribution in [1.82, 2.24) is 10.2 Å². The highest BCUT2D eigenvalue weighted by Crippen LogP contribution is 2.30. The molecule has 1 saturated heterocycles. The van der Waals surface area contributed by atoms with Crippen molar-refractivity contribution in [2.75, 3.05) is 17.2 Å². The molecule has 0 aliphatic carbocycles. The van der Waals surface area contributed by atoms with Gasteiger partial charge in [-0.2, -0.15) is 0 Å². The van der Waals surface area contributed by atoms with E-state index in [1.165, 1.54) is 6.92 Å². The number of amides is 5. The Morgan fingerprint density at radius 1 is 0.968 bits per heavy atom. The first-order valence-electron chi connectivity index (χ1n) is 10.0. The molecule has 3 N–H and O–H groups in total. The summed E-state index contributed by atoms with van der Waals surface area (Å²) in [6, 6.07) is 13.4. The Labute approximate surface area is 181 Å². The first-order valence-corrected chi connectivity index (χ1v) is 10.0. The number of carbonyl (C=O) groups is 4. The summed E-state index contributed by atoms with van der Waals surface area (Å²) in [7, 11) is 0. The Morgan fingerprint density at radius 3 is 2.03 bits per heavy atom. The zero-order valence-corrected chi connectivity index (χ0v) is 18.0. The second kappa shape index (κ2) is 8.59. The molecule has 162 valence electrons. The van der Waals surface area contributed by atoms with Crippen molar-refractivity contribution in [3.8, 4) is 0 Å². The molecule has 31 heavy (non-hydrogen) atoms. The lowest BCUT2D eigenvalue weighted by atomic mass is 9.90. The summed E-state index contributed by atoms with van der Waals surface area (Å²) in [5, 5.41) is 7.99. The quantitative estimate of drug-likeness (QED) is 0.622. The number of carbonyl (C=O) groups excluding carboxylic acids is 4. The van der Waals surface area contributed by atoms with E-state index in [9.17, 15) is 19.2 Å². The van der Waals surface area contributed by atoms with Crippen LogP contribution in [0.3, 0.4) is 0 Å². The van der Waals surface area contributed by atoms with Crippen molar-refractivity contribution in [2.24, 2.45) is 0 Å². The Morgan fingerprint density at radius 2 is 1.52 bits per heavy atom. The molecular weight excluding hydrogens is 396 g/mol. The molecule has 2 aromatic rings. The number of hydrogen-bond acceptors (Lipinski definition) is 4. The second-order valence-electron chi connectivity index (χ2n) is 8.03. The average Bonchev–Trinajstić information content (AvgIpc) is 2.93. The molecule has 0 saturated carbocycles. The number of rotatable bonds is 6. The summed E-state index contributed by atoms with van der Waals surface area (Å²) >= 11 is 0. The summed E-state index contributed by atoms with van der Waals surface area (Å²) < 4.78 is 0. The fourth-order valence-electron chi connectivity index (χ4n) is 3.42. The van der Waals surface area contributed by atoms with Crippen LogP contribution >= 0.6 is 0 Å². The maximum atomic E-state index is 13.0. The fourth-order valence-corrected chi connectivity index (χ4v) is 3.42. The second-order valence-corrected chi connectivity index (χ2v) is 8.03. The van der Waals surface area contributed by atoms with Crippen LogP contribution < -0.4 is 16.0 Å². The van der Waals surface area contributed by atoms with E-state index in [4.69, 9.17) is 0 Å². The van der Waals surface area contributed by atoms with Crippen molar-refractivity contribution in [2.45, 2.75) is 39.2 Å². The summed E-state index contributed by atoms with van der Waals surface area (Å²) in [4.78, 5) is 49.9. The van der Waals surface area contributed by atoms with Crippen molar-refractivity contribution in [3.63, 3.8) is 0 Å². The standard InChI is InChI=1S/C23H26N4O4/c1-14(2)16-5-7-17(8-6-16)23(4)21(30)27(22(31)26-23)13-20(29)25-19-11-9-18(10-12-19)24-15(3)28/h5-12,14H,13H2,1-4H3,(H,24,28)(H,25,29)(H,26,31)/t23-/m0/s1. The third kappa shape index (κ3) is 4.74. The first kappa shape index (κ1) is 22.0. The SMILES string of the molecule is CC(=O)Nc1ccc(NC(=O)CN2C(=O)N[C@@](C)(c3ccc(C(C)C)cc3)C2=O)cc1. The zero-order valence-electron chi connectivity index (χ0n) is 18.0. The van der Waals surface area contributed by atoms with Gasteiger partial charge in [-0.15, -0.1) is 0 Å². The summed E-state index contributed by atoms with van der Waals surface area (Å²) in [5.74, 6) is -0.832. The van der Waals surface area contributed by atoms with Gasteiger partial charge in [0.1, 0.15) is 12.1 Å². The highest BCUT2D eigenvalue weighted by Gasteiger charge is 2.49. The molecule has 8 heteroatoms. The zero-order chi connectivity index (χ0) is 22.8. The molecule has 0 spiro atoms. The van der Waals surface area contributed by atoms with E-state index in [-0.39, 0.29) is 5.91 Å². The predicted octanol–water partition coefficient (Wildman–Crippen LogP) is 3.17. The fraction of sp³-hybridized carbons (Fsp3) is 0.304. The smallest absolute Gasteiger partial charge is 0.325 e. The molecule has 0 bridgehead atoms. The van der Waals surface area contributed by atoms with Crippen LogP contribution in [0.4, 0.5) is 16.2 Å². The van der Waals surface area contributed by atoms with Crippen LogP contribution in [-0.2, 0) is 19.9 Å². The molecule has 1 fully saturated rings. The van der Waals surface area contributed by atoms with E-state index in [1.54, 1.807) is 31.2 Å². The molecule has 1 aliphatic heterocycles. The molecule has 8 nitrogen and oxygen atoms in total. The summed E-state index contributed by atoms with van der Waals surface area (Å²) in [5.41, 5.74) is 1.64. The van der Waals surface area contributed by atoms with Gasteiger partial charge in [-0.05, 0) is 48.2 Å². The van der Waals surface area contributed by atoms with Gasteiger partial charge >= 0.3 is 6.03 Å². The van der Waals surface area contributed by atoms with Gasteiger partial charge in [-0.25, -0.2) is 4.79 Å². The number of nitrogens with one attached hydrogen (secondary N) is 3. The van der Waals surface area contributed by atoms with Crippen molar-refractivity contribution in [1.29, 1.82) is 0 Å². The van der Waals surface area contributed by atoms with Crippen molar-refractivity contribution < 1.29 is 19.2 Å². The molecule has 2 aromatic carbocycles. The van der Waals surface area contributed by atoms with E-state index in [0.717, 1.165) is 10.5 Å². The van der Waals surface area contributed by atoms with Gasteiger partial charge in [0.25, 0.3) is 5.91 Å². The largest absolute Gasteiger partial charge is 0.326 e. The Bertz CT molecular complexity index is 1010. The predicted molar refractivity (Wildman–Crippen MR) is 118 cm³/mol. The van der Waals surface area contributed by atoms with Crippen molar-refractivity contribution >= 4 is 35.1 Å². The van der Waals surface area contributed by atoms with Crippen LogP contribution in [0.1, 0.15) is 44.7 Å². The lowest BCUT2D eigenvalue weighted by Crippen LogP contribution is -2.42. The van der Waals surface area contributed by atoms with Gasteiger partial charge in [-0.1, -0.05) is 38.1 Å². The third-order valence-corrected chi connectivity index (χ3v) is 5.22. The molecule has 0 unspecified atom stereocenters. The number of nitrogens with zero attached hydrogens (tertiary/aromatic N) is 1. The van der Waals surface area contributed by atoms with Gasteiger partial charge in [0, 0.05) is 18.3 Å². The topological polar surface area (TPSA) is 108 Å².